The molecule has 23 heavy (non-hydrogen) atoms. The van der Waals surface area contributed by atoms with Crippen molar-refractivity contribution in [3.63, 3.8) is 0 Å². The van der Waals surface area contributed by atoms with Crippen molar-refractivity contribution >= 4 is 27.5 Å². The highest BCUT2D eigenvalue weighted by Gasteiger charge is 2.13. The van der Waals surface area contributed by atoms with Crippen LogP contribution in [-0.4, -0.2) is 17.3 Å². The zero-order valence-corrected chi connectivity index (χ0v) is 16.6. The largest absolute Gasteiger partial charge is 0.492 e. The minimum absolute atomic E-state index is 0.0341. The first kappa shape index (κ1) is 20.0. The van der Waals surface area contributed by atoms with E-state index in [4.69, 9.17) is 4.74 Å². The standard InChI is InChI=1S/C19H30BrNO2/c1-6-23-18-12-15(11-16(20)9-13(2)3)7-8-17(18)21-19(22)10-14(4)5/h7-8,12-14,16H,6,9-11H2,1-5H3,(H,21,22). The van der Waals surface area contributed by atoms with Crippen LogP contribution in [0.3, 0.4) is 0 Å². The molecule has 1 aromatic carbocycles. The molecule has 1 aromatic rings. The zero-order chi connectivity index (χ0) is 17.4. The highest BCUT2D eigenvalue weighted by molar-refractivity contribution is 9.09. The smallest absolute Gasteiger partial charge is 0.224 e. The average Bonchev–Trinajstić information content (AvgIpc) is 2.40. The van der Waals surface area contributed by atoms with Gasteiger partial charge in [-0.15, -0.1) is 0 Å². The molecule has 3 nitrogen and oxygen atoms in total. The van der Waals surface area contributed by atoms with E-state index >= 15 is 0 Å². The minimum Gasteiger partial charge on any atom is -0.492 e. The van der Waals surface area contributed by atoms with Gasteiger partial charge < -0.3 is 10.1 Å². The molecule has 0 bridgehead atoms. The van der Waals surface area contributed by atoms with Crippen molar-refractivity contribution in [3.05, 3.63) is 23.8 Å². The molecule has 1 atom stereocenters. The Bertz CT molecular complexity index is 500. The van der Waals surface area contributed by atoms with Crippen molar-refractivity contribution in [1.29, 1.82) is 0 Å². The first-order valence-corrected chi connectivity index (χ1v) is 9.43. The maximum atomic E-state index is 12.0. The summed E-state index contributed by atoms with van der Waals surface area (Å²) in [5.41, 5.74) is 1.98. The molecule has 1 rings (SSSR count). The van der Waals surface area contributed by atoms with Crippen LogP contribution in [0.15, 0.2) is 18.2 Å². The lowest BCUT2D eigenvalue weighted by Gasteiger charge is -2.16. The third-order valence-electron chi connectivity index (χ3n) is 3.40. The fraction of sp³-hybridized carbons (Fsp3) is 0.632. The van der Waals surface area contributed by atoms with Crippen LogP contribution >= 0.6 is 15.9 Å². The molecule has 0 saturated heterocycles. The summed E-state index contributed by atoms with van der Waals surface area (Å²) in [6.07, 6.45) is 2.61. The van der Waals surface area contributed by atoms with Crippen LogP contribution in [0.4, 0.5) is 5.69 Å². The van der Waals surface area contributed by atoms with Gasteiger partial charge in [-0.1, -0.05) is 49.7 Å². The van der Waals surface area contributed by atoms with Gasteiger partial charge in [0.05, 0.1) is 12.3 Å². The Hall–Kier alpha value is -1.03. The van der Waals surface area contributed by atoms with E-state index in [0.717, 1.165) is 24.3 Å². The Morgan fingerprint density at radius 2 is 1.91 bits per heavy atom. The van der Waals surface area contributed by atoms with Gasteiger partial charge >= 0.3 is 0 Å². The van der Waals surface area contributed by atoms with Crippen molar-refractivity contribution in [2.24, 2.45) is 11.8 Å². The van der Waals surface area contributed by atoms with Gasteiger partial charge in [0.15, 0.2) is 0 Å². The first-order valence-electron chi connectivity index (χ1n) is 8.51. The molecule has 0 saturated carbocycles. The summed E-state index contributed by atoms with van der Waals surface area (Å²) in [4.78, 5) is 12.4. The second kappa shape index (κ2) is 9.96. The Morgan fingerprint density at radius 1 is 1.22 bits per heavy atom. The van der Waals surface area contributed by atoms with Crippen LogP contribution in [0.1, 0.15) is 53.0 Å². The first-order chi connectivity index (χ1) is 10.8. The second-order valence-electron chi connectivity index (χ2n) is 6.84. The fourth-order valence-electron chi connectivity index (χ4n) is 2.49. The second-order valence-corrected chi connectivity index (χ2v) is 8.14. The van der Waals surface area contributed by atoms with E-state index in [1.807, 2.05) is 32.9 Å². The maximum Gasteiger partial charge on any atom is 0.224 e. The average molecular weight is 384 g/mol. The lowest BCUT2D eigenvalue weighted by atomic mass is 10.0. The number of anilines is 1. The summed E-state index contributed by atoms with van der Waals surface area (Å²) < 4.78 is 5.72. The van der Waals surface area contributed by atoms with Crippen molar-refractivity contribution < 1.29 is 9.53 Å². The normalized spacial score (nSPS) is 12.5. The Morgan fingerprint density at radius 3 is 2.48 bits per heavy atom. The highest BCUT2D eigenvalue weighted by atomic mass is 79.9. The molecule has 1 amide bonds. The molecular formula is C19H30BrNO2. The third-order valence-corrected chi connectivity index (χ3v) is 4.10. The quantitative estimate of drug-likeness (QED) is 0.577. The van der Waals surface area contributed by atoms with Crippen molar-refractivity contribution in [2.45, 2.75) is 58.7 Å². The van der Waals surface area contributed by atoms with Gasteiger partial charge in [0.2, 0.25) is 5.91 Å². The predicted molar refractivity (Wildman–Crippen MR) is 102 cm³/mol. The molecule has 0 radical (unpaired) electrons. The molecule has 0 aliphatic rings. The van der Waals surface area contributed by atoms with E-state index in [1.54, 1.807) is 0 Å². The van der Waals surface area contributed by atoms with Crippen LogP contribution in [0, 0.1) is 11.8 Å². The summed E-state index contributed by atoms with van der Waals surface area (Å²) in [5.74, 6) is 1.80. The number of amides is 1. The van der Waals surface area contributed by atoms with Gasteiger partial charge in [-0.05, 0) is 49.3 Å². The number of rotatable bonds is 9. The zero-order valence-electron chi connectivity index (χ0n) is 15.0. The molecule has 0 spiro atoms. The highest BCUT2D eigenvalue weighted by Crippen LogP contribution is 2.28. The number of halogens is 1. The molecule has 130 valence electrons. The number of nitrogens with one attached hydrogen (secondary N) is 1. The molecule has 0 heterocycles. The van der Waals surface area contributed by atoms with E-state index < -0.39 is 0 Å². The Balaban J connectivity index is 2.82. The molecular weight excluding hydrogens is 354 g/mol. The number of benzene rings is 1. The van der Waals surface area contributed by atoms with Crippen LogP contribution in [0.2, 0.25) is 0 Å². The van der Waals surface area contributed by atoms with Gasteiger partial charge in [-0.25, -0.2) is 0 Å². The van der Waals surface area contributed by atoms with E-state index in [9.17, 15) is 4.79 Å². The van der Waals surface area contributed by atoms with E-state index in [0.29, 0.717) is 29.7 Å². The summed E-state index contributed by atoms with van der Waals surface area (Å²) in [6, 6.07) is 6.07. The number of carbonyl (C=O) groups is 1. The topological polar surface area (TPSA) is 38.3 Å². The SMILES string of the molecule is CCOc1cc(CC(Br)CC(C)C)ccc1NC(=O)CC(C)C. The molecule has 0 aliphatic heterocycles. The number of ether oxygens (including phenoxy) is 1. The molecule has 0 fully saturated rings. The molecule has 1 unspecified atom stereocenters. The third kappa shape index (κ3) is 7.87. The number of hydrogen-bond acceptors (Lipinski definition) is 2. The lowest BCUT2D eigenvalue weighted by molar-refractivity contribution is -0.116. The van der Waals surface area contributed by atoms with Gasteiger partial charge in [0.1, 0.15) is 5.75 Å². The van der Waals surface area contributed by atoms with Crippen molar-refractivity contribution in [3.8, 4) is 5.75 Å². The Labute approximate surface area is 149 Å². The number of alkyl halides is 1. The summed E-state index contributed by atoms with van der Waals surface area (Å²) >= 11 is 3.75. The van der Waals surface area contributed by atoms with E-state index in [-0.39, 0.29) is 5.91 Å². The predicted octanol–water partition coefficient (Wildman–Crippen LogP) is 5.42. The number of carbonyl (C=O) groups excluding carboxylic acids is 1. The van der Waals surface area contributed by atoms with Gasteiger partial charge in [-0.3, -0.25) is 4.79 Å². The van der Waals surface area contributed by atoms with Crippen LogP contribution in [0.5, 0.6) is 5.75 Å². The minimum atomic E-state index is 0.0341. The molecule has 4 heteroatoms. The van der Waals surface area contributed by atoms with Crippen molar-refractivity contribution in [2.75, 3.05) is 11.9 Å². The van der Waals surface area contributed by atoms with Gasteiger partial charge in [0, 0.05) is 11.2 Å². The lowest BCUT2D eigenvalue weighted by Crippen LogP contribution is -2.15. The van der Waals surface area contributed by atoms with E-state index in [2.05, 4.69) is 41.2 Å². The fourth-order valence-corrected chi connectivity index (χ4v) is 3.62. The summed E-state index contributed by atoms with van der Waals surface area (Å²) in [7, 11) is 0. The van der Waals surface area contributed by atoms with Crippen molar-refractivity contribution in [1.82, 2.24) is 0 Å². The van der Waals surface area contributed by atoms with Gasteiger partial charge in [-0.2, -0.15) is 0 Å². The molecule has 0 aliphatic carbocycles. The van der Waals surface area contributed by atoms with E-state index in [1.165, 1.54) is 5.56 Å². The number of hydrogen-bond donors (Lipinski definition) is 1. The monoisotopic (exact) mass is 383 g/mol. The summed E-state index contributed by atoms with van der Waals surface area (Å²) in [6.45, 7) is 11.1. The van der Waals surface area contributed by atoms with Crippen LogP contribution < -0.4 is 10.1 Å². The van der Waals surface area contributed by atoms with Gasteiger partial charge in [0.25, 0.3) is 0 Å². The molecule has 1 N–H and O–H groups in total. The Kier molecular flexibility index (Phi) is 8.67. The van der Waals surface area contributed by atoms with Crippen LogP contribution in [-0.2, 0) is 11.2 Å². The maximum absolute atomic E-state index is 12.0. The van der Waals surface area contributed by atoms with Crippen LogP contribution in [0.25, 0.3) is 0 Å². The summed E-state index contributed by atoms with van der Waals surface area (Å²) in [5, 5.41) is 2.96. The molecule has 0 aromatic heterocycles.